The lowest BCUT2D eigenvalue weighted by atomic mass is 10.1. The number of nitrogens with one attached hydrogen (secondary N) is 1. The lowest BCUT2D eigenvalue weighted by molar-refractivity contribution is -0.121. The molecule has 0 radical (unpaired) electrons. The van der Waals surface area contributed by atoms with Crippen molar-refractivity contribution in [1.82, 2.24) is 5.32 Å². The van der Waals surface area contributed by atoms with Gasteiger partial charge >= 0.3 is 0 Å². The molecule has 0 aliphatic carbocycles. The molecule has 0 bridgehead atoms. The van der Waals surface area contributed by atoms with Crippen molar-refractivity contribution in [2.45, 2.75) is 19.3 Å². The van der Waals surface area contributed by atoms with Crippen molar-refractivity contribution in [2.24, 2.45) is 11.7 Å². The van der Waals surface area contributed by atoms with Gasteiger partial charge in [0.1, 0.15) is 5.82 Å². The van der Waals surface area contributed by atoms with Gasteiger partial charge in [-0.05, 0) is 49.6 Å². The first-order chi connectivity index (χ1) is 9.69. The predicted octanol–water partition coefficient (Wildman–Crippen LogP) is 2.35. The number of nitrogens with zero attached hydrogens (tertiary/aromatic N) is 1. The summed E-state index contributed by atoms with van der Waals surface area (Å²) in [5.74, 6) is 0.328. The largest absolute Gasteiger partial charge is 0.371 e. The Kier molecular flexibility index (Phi) is 10.1. The Bertz CT molecular complexity index is 445. The lowest BCUT2D eigenvalue weighted by Gasteiger charge is -2.18. The molecule has 7 heteroatoms. The molecule has 22 heavy (non-hydrogen) atoms. The van der Waals surface area contributed by atoms with Gasteiger partial charge < -0.3 is 16.0 Å². The third-order valence-electron chi connectivity index (χ3n) is 3.67. The third kappa shape index (κ3) is 6.38. The van der Waals surface area contributed by atoms with E-state index >= 15 is 0 Å². The third-order valence-corrected chi connectivity index (χ3v) is 3.67. The van der Waals surface area contributed by atoms with Gasteiger partial charge in [-0.15, -0.1) is 24.8 Å². The molecule has 1 aromatic carbocycles. The molecule has 0 aromatic heterocycles. The SMILES string of the molecule is Cl.Cl.NCCCC(=O)NCC1CCN(c2ccc(F)cc2)C1. The van der Waals surface area contributed by atoms with Gasteiger partial charge in [0.15, 0.2) is 0 Å². The molecule has 2 rings (SSSR count). The number of rotatable bonds is 6. The fourth-order valence-corrected chi connectivity index (χ4v) is 2.49. The summed E-state index contributed by atoms with van der Waals surface area (Å²) in [7, 11) is 0. The van der Waals surface area contributed by atoms with Crippen LogP contribution in [0.1, 0.15) is 19.3 Å². The molecule has 3 N–H and O–H groups in total. The van der Waals surface area contributed by atoms with Crippen molar-refractivity contribution in [3.8, 4) is 0 Å². The van der Waals surface area contributed by atoms with E-state index in [4.69, 9.17) is 5.73 Å². The first-order valence-electron chi connectivity index (χ1n) is 7.16. The highest BCUT2D eigenvalue weighted by Crippen LogP contribution is 2.23. The van der Waals surface area contributed by atoms with E-state index in [1.807, 2.05) is 0 Å². The Morgan fingerprint density at radius 2 is 2.00 bits per heavy atom. The topological polar surface area (TPSA) is 58.4 Å². The van der Waals surface area contributed by atoms with E-state index in [0.29, 0.717) is 25.4 Å². The van der Waals surface area contributed by atoms with Crippen molar-refractivity contribution in [3.05, 3.63) is 30.1 Å². The summed E-state index contributed by atoms with van der Waals surface area (Å²) in [5, 5.41) is 2.96. The quantitative estimate of drug-likeness (QED) is 0.826. The molecule has 1 saturated heterocycles. The molecule has 0 spiro atoms. The minimum atomic E-state index is -0.211. The van der Waals surface area contributed by atoms with E-state index < -0.39 is 0 Å². The van der Waals surface area contributed by atoms with Crippen LogP contribution in [0.2, 0.25) is 0 Å². The molecule has 126 valence electrons. The summed E-state index contributed by atoms with van der Waals surface area (Å²) in [6.07, 6.45) is 2.29. The van der Waals surface area contributed by atoms with Crippen molar-refractivity contribution >= 4 is 36.4 Å². The smallest absolute Gasteiger partial charge is 0.220 e. The number of amides is 1. The molecule has 1 unspecified atom stereocenters. The van der Waals surface area contributed by atoms with Crippen LogP contribution in [0.25, 0.3) is 0 Å². The number of carbonyl (C=O) groups is 1. The zero-order valence-electron chi connectivity index (χ0n) is 12.5. The summed E-state index contributed by atoms with van der Waals surface area (Å²) in [4.78, 5) is 13.8. The monoisotopic (exact) mass is 351 g/mol. The first kappa shape index (κ1) is 21.0. The first-order valence-corrected chi connectivity index (χ1v) is 7.16. The van der Waals surface area contributed by atoms with Gasteiger partial charge in [-0.25, -0.2) is 4.39 Å². The van der Waals surface area contributed by atoms with Crippen LogP contribution >= 0.6 is 24.8 Å². The van der Waals surface area contributed by atoms with Crippen LogP contribution < -0.4 is 16.0 Å². The van der Waals surface area contributed by atoms with Crippen LogP contribution in [0.3, 0.4) is 0 Å². The average Bonchev–Trinajstić information content (AvgIpc) is 2.92. The maximum atomic E-state index is 12.9. The molecule has 1 atom stereocenters. The highest BCUT2D eigenvalue weighted by Gasteiger charge is 2.22. The normalized spacial score (nSPS) is 16.6. The van der Waals surface area contributed by atoms with Crippen LogP contribution in [0.4, 0.5) is 10.1 Å². The Hall–Kier alpha value is -1.04. The van der Waals surface area contributed by atoms with Crippen LogP contribution in [0.15, 0.2) is 24.3 Å². The predicted molar refractivity (Wildman–Crippen MR) is 92.5 cm³/mol. The number of benzene rings is 1. The molecule has 1 amide bonds. The molecular weight excluding hydrogens is 328 g/mol. The second kappa shape index (κ2) is 10.6. The lowest BCUT2D eigenvalue weighted by Crippen LogP contribution is -2.31. The second-order valence-electron chi connectivity index (χ2n) is 5.27. The van der Waals surface area contributed by atoms with Crippen LogP contribution in [0, 0.1) is 11.7 Å². The summed E-state index contributed by atoms with van der Waals surface area (Å²) in [5.41, 5.74) is 6.42. The zero-order chi connectivity index (χ0) is 14.4. The van der Waals surface area contributed by atoms with E-state index in [-0.39, 0.29) is 36.5 Å². The standard InChI is InChI=1S/C15H22FN3O.2ClH/c16-13-3-5-14(6-4-13)19-9-7-12(11-19)10-18-15(20)2-1-8-17;;/h3-6,12H,1-2,7-11,17H2,(H,18,20);2*1H. The molecule has 1 fully saturated rings. The van der Waals surface area contributed by atoms with Crippen LogP contribution in [-0.2, 0) is 4.79 Å². The van der Waals surface area contributed by atoms with Gasteiger partial charge in [0.25, 0.3) is 0 Å². The van der Waals surface area contributed by atoms with Crippen molar-refractivity contribution in [2.75, 3.05) is 31.1 Å². The second-order valence-corrected chi connectivity index (χ2v) is 5.27. The van der Waals surface area contributed by atoms with E-state index in [0.717, 1.165) is 31.6 Å². The number of nitrogens with two attached hydrogens (primary N) is 1. The molecular formula is C15H24Cl2FN3O. The molecule has 4 nitrogen and oxygen atoms in total. The Labute approximate surface area is 143 Å². The number of carbonyl (C=O) groups excluding carboxylic acids is 1. The highest BCUT2D eigenvalue weighted by atomic mass is 35.5. The van der Waals surface area contributed by atoms with E-state index in [9.17, 15) is 9.18 Å². The number of hydrogen-bond acceptors (Lipinski definition) is 3. The Balaban J connectivity index is 0.00000220. The summed E-state index contributed by atoms with van der Waals surface area (Å²) in [6, 6.07) is 6.57. The summed E-state index contributed by atoms with van der Waals surface area (Å²) in [6.45, 7) is 3.12. The van der Waals surface area contributed by atoms with Crippen molar-refractivity contribution in [1.29, 1.82) is 0 Å². The Morgan fingerprint density at radius 3 is 2.64 bits per heavy atom. The summed E-state index contributed by atoms with van der Waals surface area (Å²) >= 11 is 0. The van der Waals surface area contributed by atoms with E-state index in [1.54, 1.807) is 12.1 Å². The maximum absolute atomic E-state index is 12.9. The Morgan fingerprint density at radius 1 is 1.32 bits per heavy atom. The molecule has 1 aliphatic heterocycles. The maximum Gasteiger partial charge on any atom is 0.220 e. The molecule has 1 heterocycles. The van der Waals surface area contributed by atoms with Gasteiger partial charge in [-0.3, -0.25) is 4.79 Å². The zero-order valence-corrected chi connectivity index (χ0v) is 14.1. The minimum absolute atomic E-state index is 0. The molecule has 1 aliphatic rings. The van der Waals surface area contributed by atoms with Crippen molar-refractivity contribution < 1.29 is 9.18 Å². The van der Waals surface area contributed by atoms with E-state index in [2.05, 4.69) is 10.2 Å². The fourth-order valence-electron chi connectivity index (χ4n) is 2.49. The highest BCUT2D eigenvalue weighted by molar-refractivity contribution is 5.85. The summed E-state index contributed by atoms with van der Waals surface area (Å²) < 4.78 is 12.9. The number of anilines is 1. The fraction of sp³-hybridized carbons (Fsp3) is 0.533. The van der Waals surface area contributed by atoms with Gasteiger partial charge in [0.2, 0.25) is 5.91 Å². The molecule has 1 aromatic rings. The van der Waals surface area contributed by atoms with Gasteiger partial charge in [0.05, 0.1) is 0 Å². The number of hydrogen-bond donors (Lipinski definition) is 2. The minimum Gasteiger partial charge on any atom is -0.371 e. The van der Waals surface area contributed by atoms with Crippen molar-refractivity contribution in [3.63, 3.8) is 0 Å². The van der Waals surface area contributed by atoms with Gasteiger partial charge in [-0.1, -0.05) is 0 Å². The molecule has 0 saturated carbocycles. The van der Waals surface area contributed by atoms with E-state index in [1.165, 1.54) is 12.1 Å². The van der Waals surface area contributed by atoms with Gasteiger partial charge in [-0.2, -0.15) is 0 Å². The van der Waals surface area contributed by atoms with Gasteiger partial charge in [0, 0.05) is 31.7 Å². The van der Waals surface area contributed by atoms with Crippen LogP contribution in [0.5, 0.6) is 0 Å². The average molecular weight is 352 g/mol. The number of halogens is 3. The van der Waals surface area contributed by atoms with Crippen LogP contribution in [-0.4, -0.2) is 32.1 Å².